The van der Waals surface area contributed by atoms with E-state index in [1.807, 2.05) is 0 Å². The zero-order chi connectivity index (χ0) is 31.7. The molecule has 0 heterocycles. The molecule has 42 heavy (non-hydrogen) atoms. The number of likely N-dealkylation sites (N-methyl/N-ethyl adjacent to an activating group) is 1. The average molecular weight is 671 g/mol. The van der Waals surface area contributed by atoms with Crippen molar-refractivity contribution in [3.05, 3.63) is 99.1 Å². The van der Waals surface area contributed by atoms with Crippen LogP contribution in [0.2, 0.25) is 10.0 Å². The zero-order valence-electron chi connectivity index (χ0n) is 21.6. The molecule has 1 saturated carbocycles. The smallest absolute Gasteiger partial charge is 0.316 e. The Morgan fingerprint density at radius 1 is 1.07 bits per heavy atom. The second-order valence-corrected chi connectivity index (χ2v) is 11.2. The Morgan fingerprint density at radius 3 is 2.26 bits per heavy atom. The highest BCUT2D eigenvalue weighted by molar-refractivity contribution is 6.53. The number of hydrogen-bond acceptors (Lipinski definition) is 3. The topological polar surface area (TPSA) is 78.5 Å². The van der Waals surface area contributed by atoms with Gasteiger partial charge in [0.15, 0.2) is 5.83 Å². The minimum atomic E-state index is -3.57. The summed E-state index contributed by atoms with van der Waals surface area (Å²) in [6.45, 7) is 4.10. The molecule has 2 aromatic rings. The van der Waals surface area contributed by atoms with Gasteiger partial charge in [-0.3, -0.25) is 14.4 Å². The van der Waals surface area contributed by atoms with Crippen LogP contribution in [0.3, 0.4) is 0 Å². The molecule has 224 valence electrons. The molecular weight excluding hydrogens is 651 g/mol. The van der Waals surface area contributed by atoms with Gasteiger partial charge in [0.05, 0.1) is 27.2 Å². The minimum Gasteiger partial charge on any atom is -0.326 e. The van der Waals surface area contributed by atoms with E-state index in [0.29, 0.717) is 12.6 Å². The van der Waals surface area contributed by atoms with Crippen LogP contribution in [0.1, 0.15) is 28.8 Å². The summed E-state index contributed by atoms with van der Waals surface area (Å²) in [6.07, 6.45) is -2.59. The number of benzene rings is 2. The molecule has 15 heteroatoms. The predicted octanol–water partition coefficient (Wildman–Crippen LogP) is 7.68. The molecule has 3 amide bonds. The Kier molecular flexibility index (Phi) is 10.4. The van der Waals surface area contributed by atoms with Gasteiger partial charge in [0.2, 0.25) is 5.91 Å². The molecule has 2 N–H and O–H groups in total. The minimum absolute atomic E-state index is 0.0277. The fraction of sp³-hybridized carbons (Fsp3) is 0.222. The SMILES string of the molecule is C=C(F)/C(=C(F)\C(=C/C)NC(=O)c1cc(NC(=O)[C@H]2[C@H](c3ccc(F)c(Cl)c3)C2(Cl)Cl)ccc1Cl)N(C)C(=O)C(F)F. The van der Waals surface area contributed by atoms with Gasteiger partial charge in [0.1, 0.15) is 21.7 Å². The molecule has 0 aliphatic heterocycles. The summed E-state index contributed by atoms with van der Waals surface area (Å²) in [4.78, 5) is 37.6. The van der Waals surface area contributed by atoms with Crippen molar-refractivity contribution in [3.8, 4) is 0 Å². The maximum atomic E-state index is 15.2. The van der Waals surface area contributed by atoms with Crippen LogP contribution in [0.25, 0.3) is 0 Å². The lowest BCUT2D eigenvalue weighted by Crippen LogP contribution is -2.33. The summed E-state index contributed by atoms with van der Waals surface area (Å²) in [7, 11) is 0.706. The molecule has 0 radical (unpaired) electrons. The summed E-state index contributed by atoms with van der Waals surface area (Å²) in [5.41, 5.74) is -1.72. The van der Waals surface area contributed by atoms with E-state index in [1.54, 1.807) is 0 Å². The first-order chi connectivity index (χ1) is 19.5. The standard InChI is InChI=1S/C27H20Cl4F5N3O3/c1-4-18(21(34)22(11(2)32)39(3)26(42)23(35)36)38-24(40)14-10-13(6-7-15(14)28)37-25(41)20-19(27(20,30)31)12-5-8-17(33)16(29)9-12/h4-10,19-20,23H,2H2,1,3H3,(H,37,41)(H,38,40)/b18-4+,22-21-/t19-,20+/m0/s1. The highest BCUT2D eigenvalue weighted by atomic mass is 35.5. The zero-order valence-corrected chi connectivity index (χ0v) is 24.6. The van der Waals surface area contributed by atoms with Crippen LogP contribution >= 0.6 is 46.4 Å². The number of anilines is 1. The third kappa shape index (κ3) is 6.91. The Bertz CT molecular complexity index is 1530. The summed E-state index contributed by atoms with van der Waals surface area (Å²) in [5, 5.41) is 4.34. The number of allylic oxidation sites excluding steroid dienone is 3. The van der Waals surface area contributed by atoms with E-state index < -0.39 is 69.2 Å². The van der Waals surface area contributed by atoms with E-state index in [1.165, 1.54) is 31.2 Å². The van der Waals surface area contributed by atoms with Crippen molar-refractivity contribution in [1.82, 2.24) is 10.2 Å². The van der Waals surface area contributed by atoms with Crippen molar-refractivity contribution in [2.75, 3.05) is 12.4 Å². The first kappa shape index (κ1) is 33.4. The molecule has 0 unspecified atom stereocenters. The van der Waals surface area contributed by atoms with Gasteiger partial charge in [-0.1, -0.05) is 41.9 Å². The van der Waals surface area contributed by atoms with Crippen molar-refractivity contribution in [3.63, 3.8) is 0 Å². The van der Waals surface area contributed by atoms with Gasteiger partial charge in [0.25, 0.3) is 11.8 Å². The van der Waals surface area contributed by atoms with Crippen LogP contribution in [0, 0.1) is 11.7 Å². The van der Waals surface area contributed by atoms with Crippen molar-refractivity contribution < 1.29 is 36.3 Å². The van der Waals surface area contributed by atoms with Gasteiger partial charge in [-0.15, -0.1) is 23.2 Å². The number of nitrogens with zero attached hydrogens (tertiary/aromatic N) is 1. The maximum Gasteiger partial charge on any atom is 0.316 e. The average Bonchev–Trinajstić information content (AvgIpc) is 3.50. The second kappa shape index (κ2) is 13.0. The van der Waals surface area contributed by atoms with Gasteiger partial charge in [-0.2, -0.15) is 8.78 Å². The molecule has 2 atom stereocenters. The second-order valence-electron chi connectivity index (χ2n) is 8.91. The van der Waals surface area contributed by atoms with Crippen LogP contribution in [0.15, 0.2) is 72.1 Å². The number of nitrogens with one attached hydrogen (secondary N) is 2. The predicted molar refractivity (Wildman–Crippen MR) is 151 cm³/mol. The number of carbonyl (C=O) groups excluding carboxylic acids is 3. The van der Waals surface area contributed by atoms with Crippen molar-refractivity contribution >= 4 is 69.8 Å². The number of rotatable bonds is 9. The fourth-order valence-electron chi connectivity index (χ4n) is 4.05. The van der Waals surface area contributed by atoms with Gasteiger partial charge in [0, 0.05) is 18.7 Å². The molecule has 6 nitrogen and oxygen atoms in total. The quantitative estimate of drug-likeness (QED) is 0.163. The van der Waals surface area contributed by atoms with Crippen LogP contribution in [-0.4, -0.2) is 40.4 Å². The fourth-order valence-corrected chi connectivity index (χ4v) is 5.27. The lowest BCUT2D eigenvalue weighted by atomic mass is 10.1. The number of amides is 3. The molecule has 2 aromatic carbocycles. The van der Waals surface area contributed by atoms with E-state index in [9.17, 15) is 31.9 Å². The summed E-state index contributed by atoms with van der Waals surface area (Å²) < 4.78 is 66.9. The van der Waals surface area contributed by atoms with E-state index in [2.05, 4.69) is 17.2 Å². The summed E-state index contributed by atoms with van der Waals surface area (Å²) in [5.74, 6) is -9.11. The van der Waals surface area contributed by atoms with Crippen LogP contribution < -0.4 is 10.6 Å². The number of hydrogen-bond donors (Lipinski definition) is 2. The van der Waals surface area contributed by atoms with Crippen LogP contribution in [0.5, 0.6) is 0 Å². The molecule has 0 aromatic heterocycles. The number of alkyl halides is 4. The molecule has 1 fully saturated rings. The molecule has 3 rings (SSSR count). The molecular formula is C27H20Cl4F5N3O3. The highest BCUT2D eigenvalue weighted by Gasteiger charge is 2.67. The van der Waals surface area contributed by atoms with E-state index in [4.69, 9.17) is 46.4 Å². The Hall–Kier alpha value is -3.12. The van der Waals surface area contributed by atoms with Crippen LogP contribution in [-0.2, 0) is 9.59 Å². The van der Waals surface area contributed by atoms with Gasteiger partial charge < -0.3 is 15.5 Å². The summed E-state index contributed by atoms with van der Waals surface area (Å²) in [6, 6.07) is 7.53. The Labute approximate surface area is 256 Å². The van der Waals surface area contributed by atoms with E-state index in [-0.39, 0.29) is 26.2 Å². The van der Waals surface area contributed by atoms with Crippen molar-refractivity contribution in [2.24, 2.45) is 5.92 Å². The van der Waals surface area contributed by atoms with Crippen LogP contribution in [0.4, 0.5) is 27.6 Å². The monoisotopic (exact) mass is 669 g/mol. The van der Waals surface area contributed by atoms with Crippen molar-refractivity contribution in [1.29, 1.82) is 0 Å². The van der Waals surface area contributed by atoms with Gasteiger partial charge in [-0.05, 0) is 42.8 Å². The molecule has 0 bridgehead atoms. The van der Waals surface area contributed by atoms with Crippen molar-refractivity contribution in [2.45, 2.75) is 23.6 Å². The third-order valence-corrected chi connectivity index (χ3v) is 7.77. The lowest BCUT2D eigenvalue weighted by molar-refractivity contribution is -0.139. The molecule has 1 aliphatic carbocycles. The first-order valence-corrected chi connectivity index (χ1v) is 13.3. The number of carbonyl (C=O) groups is 3. The molecule has 1 aliphatic rings. The Balaban J connectivity index is 1.83. The number of halogens is 9. The first-order valence-electron chi connectivity index (χ1n) is 11.7. The molecule has 0 spiro atoms. The lowest BCUT2D eigenvalue weighted by Gasteiger charge is -2.21. The van der Waals surface area contributed by atoms with Gasteiger partial charge in [-0.25, -0.2) is 13.2 Å². The van der Waals surface area contributed by atoms with E-state index >= 15 is 4.39 Å². The third-order valence-electron chi connectivity index (χ3n) is 6.21. The normalized spacial score (nSPS) is 18.2. The highest BCUT2D eigenvalue weighted by Crippen LogP contribution is 2.65. The van der Waals surface area contributed by atoms with E-state index in [0.717, 1.165) is 18.2 Å². The van der Waals surface area contributed by atoms with Gasteiger partial charge >= 0.3 is 6.43 Å². The maximum absolute atomic E-state index is 15.2. The largest absolute Gasteiger partial charge is 0.326 e. The Morgan fingerprint density at radius 2 is 1.71 bits per heavy atom. The molecule has 0 saturated heterocycles. The summed E-state index contributed by atoms with van der Waals surface area (Å²) >= 11 is 24.6.